The lowest BCUT2D eigenvalue weighted by atomic mass is 9.61. The van der Waals surface area contributed by atoms with E-state index < -0.39 is 29.3 Å². The van der Waals surface area contributed by atoms with Gasteiger partial charge in [-0.25, -0.2) is 9.78 Å². The highest BCUT2D eigenvalue weighted by Gasteiger charge is 2.59. The van der Waals surface area contributed by atoms with Crippen LogP contribution in [0.2, 0.25) is 0 Å². The normalized spacial score (nSPS) is 20.2. The number of benzene rings is 2. The first kappa shape index (κ1) is 29.9. The average Bonchev–Trinajstić information content (AvgIpc) is 3.46. The summed E-state index contributed by atoms with van der Waals surface area (Å²) in [4.78, 5) is 32.7. The van der Waals surface area contributed by atoms with Crippen molar-refractivity contribution >= 4 is 23.3 Å². The molecule has 2 heterocycles. The van der Waals surface area contributed by atoms with Gasteiger partial charge in [0.25, 0.3) is 0 Å². The summed E-state index contributed by atoms with van der Waals surface area (Å²) >= 11 is 1.36. The Hall–Kier alpha value is -4.05. The highest BCUT2D eigenvalue weighted by molar-refractivity contribution is 7.10. The molecule has 2 aromatic carbocycles. The zero-order valence-corrected chi connectivity index (χ0v) is 25.2. The topological polar surface area (TPSA) is 105 Å². The summed E-state index contributed by atoms with van der Waals surface area (Å²) in [7, 11) is 4.65. The largest absolute Gasteiger partial charge is 0.493 e. The number of ether oxygens (including phenoxy) is 5. The highest BCUT2D eigenvalue weighted by Crippen LogP contribution is 2.52. The molecule has 0 bridgehead atoms. The minimum Gasteiger partial charge on any atom is -0.493 e. The number of esters is 2. The Balaban J connectivity index is 2.00. The Kier molecular flexibility index (Phi) is 9.22. The van der Waals surface area contributed by atoms with E-state index in [9.17, 15) is 9.59 Å². The van der Waals surface area contributed by atoms with Crippen LogP contribution in [-0.4, -0.2) is 57.5 Å². The second-order valence-corrected chi connectivity index (χ2v) is 10.4. The van der Waals surface area contributed by atoms with Crippen LogP contribution in [0, 0.1) is 0 Å². The van der Waals surface area contributed by atoms with Crippen molar-refractivity contribution in [1.82, 2.24) is 10.3 Å². The molecule has 0 aliphatic carbocycles. The predicted octanol–water partition coefficient (Wildman–Crippen LogP) is 5.25. The highest BCUT2D eigenvalue weighted by atomic mass is 32.1. The molecule has 0 radical (unpaired) electrons. The molecule has 9 nitrogen and oxygen atoms in total. The minimum atomic E-state index is -1.32. The Labute approximate surface area is 244 Å². The van der Waals surface area contributed by atoms with Gasteiger partial charge in [-0.2, -0.15) is 0 Å². The maximum absolute atomic E-state index is 14.2. The SMILES string of the molecule is CCOC(=O)C1=C(C)NC(C)C(C(=O)OCC)(c2ccccc2)C1c1nc(-c2cc(OC)c(OC)c(OC)c2)cs1. The zero-order chi connectivity index (χ0) is 29.7. The van der Waals surface area contributed by atoms with Crippen LogP contribution in [0.5, 0.6) is 17.2 Å². The van der Waals surface area contributed by atoms with Crippen LogP contribution in [0.25, 0.3) is 11.3 Å². The molecule has 218 valence electrons. The molecule has 1 N–H and O–H groups in total. The molecular formula is C31H36N2O7S. The maximum atomic E-state index is 14.2. The molecule has 10 heteroatoms. The first-order chi connectivity index (χ1) is 19.8. The van der Waals surface area contributed by atoms with Gasteiger partial charge in [0, 0.05) is 22.7 Å². The Morgan fingerprint density at radius 3 is 2.17 bits per heavy atom. The number of nitrogens with one attached hydrogen (secondary N) is 1. The van der Waals surface area contributed by atoms with Crippen LogP contribution in [0.1, 0.15) is 44.2 Å². The van der Waals surface area contributed by atoms with Crippen molar-refractivity contribution in [3.63, 3.8) is 0 Å². The van der Waals surface area contributed by atoms with E-state index >= 15 is 0 Å². The smallest absolute Gasteiger partial charge is 0.336 e. The van der Waals surface area contributed by atoms with Crippen LogP contribution in [0.3, 0.4) is 0 Å². The van der Waals surface area contributed by atoms with Gasteiger partial charge in [0.15, 0.2) is 11.5 Å². The van der Waals surface area contributed by atoms with E-state index in [0.717, 1.165) is 5.56 Å². The van der Waals surface area contributed by atoms with E-state index in [0.29, 0.717) is 44.8 Å². The van der Waals surface area contributed by atoms with Crippen LogP contribution in [-0.2, 0) is 24.5 Å². The number of hydrogen-bond acceptors (Lipinski definition) is 10. The molecule has 0 saturated carbocycles. The van der Waals surface area contributed by atoms with Crippen molar-refractivity contribution in [2.75, 3.05) is 34.5 Å². The number of allylic oxidation sites excluding steroid dienone is 1. The molecule has 3 aromatic rings. The maximum Gasteiger partial charge on any atom is 0.336 e. The fourth-order valence-corrected chi connectivity index (χ4v) is 6.60. The Morgan fingerprint density at radius 1 is 0.976 bits per heavy atom. The number of aromatic nitrogens is 1. The summed E-state index contributed by atoms with van der Waals surface area (Å²) in [6, 6.07) is 12.6. The lowest BCUT2D eigenvalue weighted by Gasteiger charge is -2.47. The van der Waals surface area contributed by atoms with Crippen molar-refractivity contribution in [1.29, 1.82) is 0 Å². The van der Waals surface area contributed by atoms with Crippen LogP contribution >= 0.6 is 11.3 Å². The molecule has 41 heavy (non-hydrogen) atoms. The van der Waals surface area contributed by atoms with E-state index in [1.54, 1.807) is 35.2 Å². The molecule has 1 aliphatic rings. The van der Waals surface area contributed by atoms with Crippen molar-refractivity contribution < 1.29 is 33.3 Å². The molecule has 3 unspecified atom stereocenters. The average molecular weight is 581 g/mol. The lowest BCUT2D eigenvalue weighted by Crippen LogP contribution is -2.60. The number of carbonyl (C=O) groups is 2. The van der Waals surface area contributed by atoms with E-state index in [1.165, 1.54) is 11.3 Å². The standard InChI is InChI=1S/C31H36N2O7S/c1-8-39-29(34)25-18(3)32-19(4)31(30(35)40-9-2,21-13-11-10-12-14-21)26(25)28-33-22(17-41-28)20-15-23(36-5)27(38-7)24(16-20)37-6/h10-17,19,26,32H,8-9H2,1-7H3. The number of rotatable bonds is 10. The quantitative estimate of drug-likeness (QED) is 0.322. The van der Waals surface area contributed by atoms with E-state index in [4.69, 9.17) is 28.7 Å². The molecule has 1 aliphatic heterocycles. The molecule has 3 atom stereocenters. The van der Waals surface area contributed by atoms with Crippen LogP contribution < -0.4 is 19.5 Å². The van der Waals surface area contributed by atoms with Gasteiger partial charge < -0.3 is 29.0 Å². The Morgan fingerprint density at radius 2 is 1.61 bits per heavy atom. The van der Waals surface area contributed by atoms with E-state index in [1.807, 2.05) is 61.7 Å². The van der Waals surface area contributed by atoms with Crippen molar-refractivity contribution in [3.8, 4) is 28.5 Å². The summed E-state index contributed by atoms with van der Waals surface area (Å²) in [6.07, 6.45) is 0. The number of methoxy groups -OCH3 is 3. The number of thiazole rings is 1. The van der Waals surface area contributed by atoms with E-state index in [2.05, 4.69) is 5.32 Å². The van der Waals surface area contributed by atoms with Crippen LogP contribution in [0.4, 0.5) is 0 Å². The van der Waals surface area contributed by atoms with Gasteiger partial charge in [-0.3, -0.25) is 4.79 Å². The third-order valence-corrected chi connectivity index (χ3v) is 8.26. The van der Waals surface area contributed by atoms with Gasteiger partial charge in [0.2, 0.25) is 5.75 Å². The molecule has 1 aromatic heterocycles. The lowest BCUT2D eigenvalue weighted by molar-refractivity contribution is -0.153. The van der Waals surface area contributed by atoms with Gasteiger partial charge in [-0.05, 0) is 45.4 Å². The molecule has 0 fully saturated rings. The molecule has 0 amide bonds. The monoisotopic (exact) mass is 580 g/mol. The fraction of sp³-hybridized carbons (Fsp3) is 0.387. The third-order valence-electron chi connectivity index (χ3n) is 7.35. The predicted molar refractivity (Wildman–Crippen MR) is 157 cm³/mol. The molecule has 0 saturated heterocycles. The summed E-state index contributed by atoms with van der Waals surface area (Å²) in [5.74, 6) is -0.312. The second-order valence-electron chi connectivity index (χ2n) is 9.50. The third kappa shape index (κ3) is 5.24. The van der Waals surface area contributed by atoms with Crippen LogP contribution in [0.15, 0.2) is 59.1 Å². The summed E-state index contributed by atoms with van der Waals surface area (Å²) in [6.45, 7) is 7.64. The molecular weight excluding hydrogens is 544 g/mol. The second kappa shape index (κ2) is 12.6. The minimum absolute atomic E-state index is 0.179. The van der Waals surface area contributed by atoms with Crippen molar-refractivity contribution in [3.05, 3.63) is 69.7 Å². The number of hydrogen-bond donors (Lipinski definition) is 1. The van der Waals surface area contributed by atoms with Gasteiger partial charge in [0.05, 0.1) is 51.7 Å². The zero-order valence-electron chi connectivity index (χ0n) is 24.4. The first-order valence-electron chi connectivity index (χ1n) is 13.4. The van der Waals surface area contributed by atoms with Crippen molar-refractivity contribution in [2.45, 2.75) is 45.1 Å². The number of carbonyl (C=O) groups excluding carboxylic acids is 2. The van der Waals surface area contributed by atoms with Gasteiger partial charge in [-0.15, -0.1) is 11.3 Å². The molecule has 4 rings (SSSR count). The summed E-state index contributed by atoms with van der Waals surface area (Å²) in [5.41, 5.74) is 1.71. The van der Waals surface area contributed by atoms with E-state index in [-0.39, 0.29) is 13.2 Å². The summed E-state index contributed by atoms with van der Waals surface area (Å²) in [5, 5.41) is 5.85. The summed E-state index contributed by atoms with van der Waals surface area (Å²) < 4.78 is 27.8. The number of nitrogens with zero attached hydrogens (tertiary/aromatic N) is 1. The molecule has 0 spiro atoms. The van der Waals surface area contributed by atoms with Gasteiger partial charge in [0.1, 0.15) is 10.4 Å². The fourth-order valence-electron chi connectivity index (χ4n) is 5.58. The first-order valence-corrected chi connectivity index (χ1v) is 14.3. The van der Waals surface area contributed by atoms with Gasteiger partial charge in [-0.1, -0.05) is 30.3 Å². The Bertz CT molecular complexity index is 1410. The van der Waals surface area contributed by atoms with Gasteiger partial charge >= 0.3 is 11.9 Å². The van der Waals surface area contributed by atoms with Crippen molar-refractivity contribution in [2.24, 2.45) is 0 Å².